The maximum absolute atomic E-state index is 13.5. The minimum absolute atomic E-state index is 0.0885. The van der Waals surface area contributed by atoms with Gasteiger partial charge in [-0.2, -0.15) is 0 Å². The van der Waals surface area contributed by atoms with Gasteiger partial charge in [0.25, 0.3) is 5.91 Å². The van der Waals surface area contributed by atoms with Crippen molar-refractivity contribution in [1.29, 1.82) is 0 Å². The monoisotopic (exact) mass is 371 g/mol. The van der Waals surface area contributed by atoms with Crippen molar-refractivity contribution in [2.75, 3.05) is 43.2 Å². The fourth-order valence-corrected chi connectivity index (χ4v) is 4.03. The van der Waals surface area contributed by atoms with E-state index in [2.05, 4.69) is 42.7 Å². The number of carbonyl (C=O) groups excluding carboxylic acids is 1. The number of hydrogen-bond acceptors (Lipinski definition) is 5. The smallest absolute Gasteiger partial charge is 0.261 e. The number of rotatable bonds is 4. The number of hydrogen-bond donors (Lipinski definition) is 2. The summed E-state index contributed by atoms with van der Waals surface area (Å²) in [5, 5.41) is 6.92. The Kier molecular flexibility index (Phi) is 5.36. The van der Waals surface area contributed by atoms with E-state index < -0.39 is 0 Å². The molecule has 2 fully saturated rings. The molecule has 3 aliphatic rings. The summed E-state index contributed by atoms with van der Waals surface area (Å²) in [6.45, 7) is 7.64. The predicted octanol–water partition coefficient (Wildman–Crippen LogP) is 2.75. The number of anilines is 2. The molecule has 1 aromatic carbocycles. The number of morpholine rings is 1. The number of nitrogens with zero attached hydrogens (tertiary/aromatic N) is 1. The van der Waals surface area contributed by atoms with Gasteiger partial charge in [-0.15, -0.1) is 0 Å². The SMILES string of the molecule is CCC(C)Nc1ccc2c(c1)/C(=C1\COCCN1)C(=O)N2C1CCOCC1. The molecule has 27 heavy (non-hydrogen) atoms. The Balaban J connectivity index is 1.75. The van der Waals surface area contributed by atoms with Gasteiger partial charge in [0.15, 0.2) is 0 Å². The van der Waals surface area contributed by atoms with Gasteiger partial charge in [0.1, 0.15) is 0 Å². The lowest BCUT2D eigenvalue weighted by atomic mass is 10.0. The Hall–Kier alpha value is -2.05. The van der Waals surface area contributed by atoms with Gasteiger partial charge in [-0.1, -0.05) is 6.92 Å². The van der Waals surface area contributed by atoms with Crippen LogP contribution in [-0.2, 0) is 14.3 Å². The van der Waals surface area contributed by atoms with Crippen LogP contribution in [0, 0.1) is 0 Å². The van der Waals surface area contributed by atoms with Crippen molar-refractivity contribution in [2.24, 2.45) is 0 Å². The van der Waals surface area contributed by atoms with Gasteiger partial charge in [0.2, 0.25) is 0 Å². The molecule has 0 bridgehead atoms. The molecule has 4 rings (SSSR count). The van der Waals surface area contributed by atoms with Crippen LogP contribution in [0.1, 0.15) is 38.7 Å². The van der Waals surface area contributed by atoms with Crippen LogP contribution < -0.4 is 15.5 Å². The third-order valence-corrected chi connectivity index (χ3v) is 5.67. The quantitative estimate of drug-likeness (QED) is 0.797. The van der Waals surface area contributed by atoms with Gasteiger partial charge in [0, 0.05) is 43.1 Å². The number of amides is 1. The summed E-state index contributed by atoms with van der Waals surface area (Å²) in [5.41, 5.74) is 4.75. The molecule has 0 saturated carbocycles. The molecule has 0 radical (unpaired) electrons. The predicted molar refractivity (Wildman–Crippen MR) is 107 cm³/mol. The number of nitrogens with one attached hydrogen (secondary N) is 2. The second kappa shape index (κ2) is 7.90. The topological polar surface area (TPSA) is 62.8 Å². The normalized spacial score (nSPS) is 24.5. The van der Waals surface area contributed by atoms with Crippen LogP contribution in [0.2, 0.25) is 0 Å². The fraction of sp³-hybridized carbons (Fsp3) is 0.571. The molecule has 1 unspecified atom stereocenters. The van der Waals surface area contributed by atoms with Crippen LogP contribution in [-0.4, -0.2) is 51.0 Å². The van der Waals surface area contributed by atoms with Crippen LogP contribution in [0.3, 0.4) is 0 Å². The van der Waals surface area contributed by atoms with E-state index in [4.69, 9.17) is 9.47 Å². The molecule has 2 saturated heterocycles. The third-order valence-electron chi connectivity index (χ3n) is 5.67. The zero-order valence-corrected chi connectivity index (χ0v) is 16.2. The molecule has 146 valence electrons. The molecule has 0 spiro atoms. The standard InChI is InChI=1S/C21H29N3O3/c1-3-14(2)23-15-4-5-19-17(12-15)20(18-13-27-11-8-22-18)21(25)24(19)16-6-9-26-10-7-16/h4-5,12,14,16,22-23H,3,6-11,13H2,1-2H3/b20-18-. The van der Waals surface area contributed by atoms with Crippen LogP contribution in [0.5, 0.6) is 0 Å². The third kappa shape index (κ3) is 3.56. The highest BCUT2D eigenvalue weighted by Crippen LogP contribution is 2.42. The van der Waals surface area contributed by atoms with E-state index in [0.29, 0.717) is 32.5 Å². The average molecular weight is 371 g/mol. The zero-order chi connectivity index (χ0) is 18.8. The van der Waals surface area contributed by atoms with Gasteiger partial charge in [-0.3, -0.25) is 4.79 Å². The van der Waals surface area contributed by atoms with Crippen molar-refractivity contribution in [1.82, 2.24) is 5.32 Å². The fourth-order valence-electron chi connectivity index (χ4n) is 4.03. The minimum Gasteiger partial charge on any atom is -0.383 e. The summed E-state index contributed by atoms with van der Waals surface area (Å²) < 4.78 is 11.1. The lowest BCUT2D eigenvalue weighted by molar-refractivity contribution is -0.113. The lowest BCUT2D eigenvalue weighted by Crippen LogP contribution is -2.42. The van der Waals surface area contributed by atoms with E-state index in [0.717, 1.165) is 54.0 Å². The number of benzene rings is 1. The molecule has 1 atom stereocenters. The average Bonchev–Trinajstić information content (AvgIpc) is 3.00. The molecule has 6 heteroatoms. The Morgan fingerprint density at radius 3 is 2.78 bits per heavy atom. The van der Waals surface area contributed by atoms with Crippen LogP contribution in [0.15, 0.2) is 23.9 Å². The van der Waals surface area contributed by atoms with Crippen molar-refractivity contribution in [3.05, 3.63) is 29.5 Å². The van der Waals surface area contributed by atoms with Crippen LogP contribution in [0.25, 0.3) is 5.57 Å². The molecule has 1 aromatic rings. The van der Waals surface area contributed by atoms with Gasteiger partial charge in [0.05, 0.1) is 30.2 Å². The first kappa shape index (κ1) is 18.3. The van der Waals surface area contributed by atoms with E-state index in [1.807, 2.05) is 4.90 Å². The largest absolute Gasteiger partial charge is 0.383 e. The Bertz CT molecular complexity index is 732. The molecular weight excluding hydrogens is 342 g/mol. The molecule has 2 N–H and O–H groups in total. The summed E-state index contributed by atoms with van der Waals surface area (Å²) in [6.07, 6.45) is 2.81. The maximum Gasteiger partial charge on any atom is 0.261 e. The van der Waals surface area contributed by atoms with Gasteiger partial charge >= 0.3 is 0 Å². The van der Waals surface area contributed by atoms with Crippen molar-refractivity contribution < 1.29 is 14.3 Å². The second-order valence-corrected chi connectivity index (χ2v) is 7.54. The molecule has 3 aliphatic heterocycles. The molecule has 0 aromatic heterocycles. The summed E-state index contributed by atoms with van der Waals surface area (Å²) in [6, 6.07) is 6.88. The summed E-state index contributed by atoms with van der Waals surface area (Å²) in [7, 11) is 0. The minimum atomic E-state index is 0.0885. The van der Waals surface area contributed by atoms with Gasteiger partial charge in [-0.05, 0) is 44.4 Å². The molecule has 1 amide bonds. The van der Waals surface area contributed by atoms with Crippen molar-refractivity contribution in [3.63, 3.8) is 0 Å². The van der Waals surface area contributed by atoms with Gasteiger partial charge in [-0.25, -0.2) is 0 Å². The highest BCUT2D eigenvalue weighted by molar-refractivity contribution is 6.33. The van der Waals surface area contributed by atoms with Crippen molar-refractivity contribution >= 4 is 22.9 Å². The van der Waals surface area contributed by atoms with E-state index in [-0.39, 0.29) is 11.9 Å². The summed E-state index contributed by atoms with van der Waals surface area (Å²) in [4.78, 5) is 15.5. The maximum atomic E-state index is 13.5. The first-order valence-electron chi connectivity index (χ1n) is 10.1. The molecule has 6 nitrogen and oxygen atoms in total. The number of carbonyl (C=O) groups is 1. The van der Waals surface area contributed by atoms with E-state index in [9.17, 15) is 4.79 Å². The lowest BCUT2D eigenvalue weighted by Gasteiger charge is -2.31. The Morgan fingerprint density at radius 2 is 2.07 bits per heavy atom. The van der Waals surface area contributed by atoms with Crippen molar-refractivity contribution in [3.8, 4) is 0 Å². The summed E-state index contributed by atoms with van der Waals surface area (Å²) >= 11 is 0. The molecular formula is C21H29N3O3. The van der Waals surface area contributed by atoms with Crippen LogP contribution >= 0.6 is 0 Å². The van der Waals surface area contributed by atoms with Crippen LogP contribution in [0.4, 0.5) is 11.4 Å². The van der Waals surface area contributed by atoms with E-state index in [1.54, 1.807) is 0 Å². The number of fused-ring (bicyclic) bond motifs is 1. The van der Waals surface area contributed by atoms with Crippen molar-refractivity contribution in [2.45, 2.75) is 45.2 Å². The van der Waals surface area contributed by atoms with E-state index in [1.165, 1.54) is 0 Å². The zero-order valence-electron chi connectivity index (χ0n) is 16.2. The second-order valence-electron chi connectivity index (χ2n) is 7.54. The number of ether oxygens (including phenoxy) is 2. The Labute approximate surface area is 160 Å². The highest BCUT2D eigenvalue weighted by atomic mass is 16.5. The molecule has 3 heterocycles. The van der Waals surface area contributed by atoms with Gasteiger partial charge < -0.3 is 25.0 Å². The molecule has 0 aliphatic carbocycles. The first-order chi connectivity index (χ1) is 13.2. The van der Waals surface area contributed by atoms with E-state index >= 15 is 0 Å². The summed E-state index contributed by atoms with van der Waals surface area (Å²) in [5.74, 6) is 0.0885. The highest BCUT2D eigenvalue weighted by Gasteiger charge is 2.39. The first-order valence-corrected chi connectivity index (χ1v) is 10.1. The Morgan fingerprint density at radius 1 is 1.26 bits per heavy atom.